The van der Waals surface area contributed by atoms with Gasteiger partial charge in [0.05, 0.1) is 5.75 Å². The molecule has 0 aliphatic carbocycles. The largest absolute Gasteiger partial charge is 0.504 e. The Bertz CT molecular complexity index is 377. The van der Waals surface area contributed by atoms with Crippen LogP contribution in [0.1, 0.15) is 30.6 Å². The zero-order valence-corrected chi connectivity index (χ0v) is 10.3. The van der Waals surface area contributed by atoms with E-state index in [9.17, 15) is 9.90 Å². The average Bonchev–Trinajstić information content (AvgIpc) is 2.29. The standard InChI is InChI=1S/C12H16O3S/c1-3-8(2)16-7-12(15)9-4-5-10(13)11(14)6-9/h4-6,8,13-14H,3,7H2,1-2H3. The van der Waals surface area contributed by atoms with Gasteiger partial charge < -0.3 is 10.2 Å². The minimum absolute atomic E-state index is 0.0272. The van der Waals surface area contributed by atoms with Gasteiger partial charge in [0, 0.05) is 10.8 Å². The van der Waals surface area contributed by atoms with E-state index in [1.807, 2.05) is 0 Å². The molecule has 16 heavy (non-hydrogen) atoms. The number of hydrogen-bond donors (Lipinski definition) is 2. The second-order valence-corrected chi connectivity index (χ2v) is 5.08. The number of phenols is 2. The van der Waals surface area contributed by atoms with Gasteiger partial charge in [0.15, 0.2) is 17.3 Å². The topological polar surface area (TPSA) is 57.5 Å². The summed E-state index contributed by atoms with van der Waals surface area (Å²) in [6.45, 7) is 4.15. The quantitative estimate of drug-likeness (QED) is 0.614. The molecule has 1 aromatic rings. The molecule has 0 aromatic heterocycles. The van der Waals surface area contributed by atoms with E-state index in [1.165, 1.54) is 18.2 Å². The van der Waals surface area contributed by atoms with Crippen LogP contribution in [0.15, 0.2) is 18.2 Å². The lowest BCUT2D eigenvalue weighted by atomic mass is 10.1. The summed E-state index contributed by atoms with van der Waals surface area (Å²) in [5.74, 6) is -0.0784. The summed E-state index contributed by atoms with van der Waals surface area (Å²) in [5.41, 5.74) is 0.436. The van der Waals surface area contributed by atoms with Crippen LogP contribution in [0.3, 0.4) is 0 Å². The molecule has 1 rings (SSSR count). The summed E-state index contributed by atoms with van der Waals surface area (Å²) >= 11 is 1.60. The van der Waals surface area contributed by atoms with E-state index in [2.05, 4.69) is 13.8 Å². The van der Waals surface area contributed by atoms with Crippen LogP contribution in [0.25, 0.3) is 0 Å². The van der Waals surface area contributed by atoms with E-state index in [0.717, 1.165) is 6.42 Å². The predicted octanol–water partition coefficient (Wildman–Crippen LogP) is 2.81. The van der Waals surface area contributed by atoms with Crippen molar-refractivity contribution in [1.29, 1.82) is 0 Å². The Hall–Kier alpha value is -1.16. The predicted molar refractivity (Wildman–Crippen MR) is 66.3 cm³/mol. The summed E-state index contributed by atoms with van der Waals surface area (Å²) in [4.78, 5) is 11.7. The van der Waals surface area contributed by atoms with E-state index in [1.54, 1.807) is 11.8 Å². The molecule has 88 valence electrons. The van der Waals surface area contributed by atoms with Crippen LogP contribution in [0.2, 0.25) is 0 Å². The maximum Gasteiger partial charge on any atom is 0.172 e. The van der Waals surface area contributed by atoms with Crippen LogP contribution in [-0.4, -0.2) is 27.0 Å². The molecule has 0 amide bonds. The normalized spacial score (nSPS) is 12.4. The number of carbonyl (C=O) groups excluding carboxylic acids is 1. The van der Waals surface area contributed by atoms with Crippen molar-refractivity contribution in [2.45, 2.75) is 25.5 Å². The van der Waals surface area contributed by atoms with Crippen LogP contribution in [-0.2, 0) is 0 Å². The molecular weight excluding hydrogens is 224 g/mol. The molecular formula is C12H16O3S. The van der Waals surface area contributed by atoms with Gasteiger partial charge in [-0.3, -0.25) is 4.79 Å². The van der Waals surface area contributed by atoms with E-state index in [-0.39, 0.29) is 17.3 Å². The lowest BCUT2D eigenvalue weighted by Crippen LogP contribution is -2.05. The van der Waals surface area contributed by atoms with Crippen LogP contribution < -0.4 is 0 Å². The highest BCUT2D eigenvalue weighted by molar-refractivity contribution is 8.00. The molecule has 0 heterocycles. The van der Waals surface area contributed by atoms with Crippen molar-refractivity contribution in [1.82, 2.24) is 0 Å². The van der Waals surface area contributed by atoms with Gasteiger partial charge >= 0.3 is 0 Å². The highest BCUT2D eigenvalue weighted by atomic mass is 32.2. The summed E-state index contributed by atoms with van der Waals surface area (Å²) in [6, 6.07) is 4.15. The second-order valence-electron chi connectivity index (χ2n) is 3.66. The molecule has 1 atom stereocenters. The van der Waals surface area contributed by atoms with Gasteiger partial charge in [-0.2, -0.15) is 11.8 Å². The average molecular weight is 240 g/mol. The molecule has 0 radical (unpaired) electrons. The Balaban J connectivity index is 2.63. The van der Waals surface area contributed by atoms with Crippen LogP contribution in [0.4, 0.5) is 0 Å². The number of phenolic OH excluding ortho intramolecular Hbond substituents is 2. The number of ketones is 1. The molecule has 1 unspecified atom stereocenters. The van der Waals surface area contributed by atoms with E-state index >= 15 is 0 Å². The molecule has 3 nitrogen and oxygen atoms in total. The molecule has 0 fully saturated rings. The van der Waals surface area contributed by atoms with E-state index in [0.29, 0.717) is 16.6 Å². The van der Waals surface area contributed by atoms with E-state index in [4.69, 9.17) is 5.11 Å². The smallest absolute Gasteiger partial charge is 0.172 e. The van der Waals surface area contributed by atoms with Crippen molar-refractivity contribution < 1.29 is 15.0 Å². The van der Waals surface area contributed by atoms with Crippen molar-refractivity contribution in [3.8, 4) is 11.5 Å². The zero-order chi connectivity index (χ0) is 12.1. The number of Topliss-reactive ketones (excluding diaryl/α,β-unsaturated/α-hetero) is 1. The Morgan fingerprint density at radius 1 is 1.38 bits per heavy atom. The highest BCUT2D eigenvalue weighted by Crippen LogP contribution is 2.26. The number of hydrogen-bond acceptors (Lipinski definition) is 4. The SMILES string of the molecule is CCC(C)SCC(=O)c1ccc(O)c(O)c1. The number of thioether (sulfide) groups is 1. The lowest BCUT2D eigenvalue weighted by molar-refractivity contribution is 0.102. The molecule has 4 heteroatoms. The third-order valence-corrected chi connectivity index (χ3v) is 3.70. The molecule has 0 bridgehead atoms. The summed E-state index contributed by atoms with van der Waals surface area (Å²) < 4.78 is 0. The minimum Gasteiger partial charge on any atom is -0.504 e. The Kier molecular flexibility index (Phi) is 4.68. The first kappa shape index (κ1) is 12.9. The van der Waals surface area contributed by atoms with Crippen molar-refractivity contribution in [3.63, 3.8) is 0 Å². The molecule has 0 spiro atoms. The van der Waals surface area contributed by atoms with E-state index < -0.39 is 0 Å². The summed E-state index contributed by atoms with van der Waals surface area (Å²) in [7, 11) is 0. The molecule has 2 N–H and O–H groups in total. The molecule has 0 saturated heterocycles. The van der Waals surface area contributed by atoms with Gasteiger partial charge in [-0.1, -0.05) is 13.8 Å². The van der Waals surface area contributed by atoms with Crippen LogP contribution in [0.5, 0.6) is 11.5 Å². The minimum atomic E-state index is -0.251. The highest BCUT2D eigenvalue weighted by Gasteiger charge is 2.10. The number of carbonyl (C=O) groups is 1. The van der Waals surface area contributed by atoms with Gasteiger partial charge in [0.1, 0.15) is 0 Å². The Labute approximate surface area is 99.5 Å². The molecule has 0 aliphatic rings. The van der Waals surface area contributed by atoms with Gasteiger partial charge in [-0.15, -0.1) is 0 Å². The molecule has 0 aliphatic heterocycles. The first-order chi connectivity index (χ1) is 7.54. The maximum atomic E-state index is 11.7. The number of rotatable bonds is 5. The third kappa shape index (κ3) is 3.45. The molecule has 1 aromatic carbocycles. The third-order valence-electron chi connectivity index (χ3n) is 2.37. The van der Waals surface area contributed by atoms with Gasteiger partial charge in [-0.05, 0) is 24.6 Å². The van der Waals surface area contributed by atoms with Crippen LogP contribution >= 0.6 is 11.8 Å². The fourth-order valence-electron chi connectivity index (χ4n) is 1.12. The van der Waals surface area contributed by atoms with Crippen molar-refractivity contribution >= 4 is 17.5 Å². The first-order valence-electron chi connectivity index (χ1n) is 5.21. The lowest BCUT2D eigenvalue weighted by Gasteiger charge is -2.07. The van der Waals surface area contributed by atoms with Crippen LogP contribution in [0, 0.1) is 0 Å². The fourth-order valence-corrected chi connectivity index (χ4v) is 1.95. The zero-order valence-electron chi connectivity index (χ0n) is 9.43. The Morgan fingerprint density at radius 3 is 2.62 bits per heavy atom. The van der Waals surface area contributed by atoms with Gasteiger partial charge in [0.2, 0.25) is 0 Å². The fraction of sp³-hybridized carbons (Fsp3) is 0.417. The van der Waals surface area contributed by atoms with Gasteiger partial charge in [0.25, 0.3) is 0 Å². The van der Waals surface area contributed by atoms with Crippen molar-refractivity contribution in [2.24, 2.45) is 0 Å². The first-order valence-corrected chi connectivity index (χ1v) is 6.26. The summed E-state index contributed by atoms with van der Waals surface area (Å²) in [5, 5.41) is 18.8. The van der Waals surface area contributed by atoms with Gasteiger partial charge in [-0.25, -0.2) is 0 Å². The second kappa shape index (κ2) is 5.80. The van der Waals surface area contributed by atoms with Crippen molar-refractivity contribution in [3.05, 3.63) is 23.8 Å². The Morgan fingerprint density at radius 2 is 2.06 bits per heavy atom. The van der Waals surface area contributed by atoms with Crippen molar-refractivity contribution in [2.75, 3.05) is 5.75 Å². The number of aromatic hydroxyl groups is 2. The molecule has 0 saturated carbocycles. The monoisotopic (exact) mass is 240 g/mol. The maximum absolute atomic E-state index is 11.7. The number of benzene rings is 1. The summed E-state index contributed by atoms with van der Waals surface area (Å²) in [6.07, 6.45) is 1.03.